The van der Waals surface area contributed by atoms with Crippen LogP contribution in [0.5, 0.6) is 0 Å². The summed E-state index contributed by atoms with van der Waals surface area (Å²) in [5.74, 6) is -0.113. The molecule has 2 N–H and O–H groups in total. The van der Waals surface area contributed by atoms with E-state index in [2.05, 4.69) is 16.7 Å². The van der Waals surface area contributed by atoms with Crippen molar-refractivity contribution >= 4 is 23.2 Å². The van der Waals surface area contributed by atoms with Crippen molar-refractivity contribution < 1.29 is 9.59 Å². The van der Waals surface area contributed by atoms with Crippen molar-refractivity contribution in [2.24, 2.45) is 0 Å². The van der Waals surface area contributed by atoms with Gasteiger partial charge in [0, 0.05) is 31.4 Å². The fourth-order valence-corrected chi connectivity index (χ4v) is 2.25. The molecule has 0 atom stereocenters. The van der Waals surface area contributed by atoms with Crippen molar-refractivity contribution in [2.75, 3.05) is 26.7 Å². The van der Waals surface area contributed by atoms with Crippen LogP contribution in [0, 0.1) is 0 Å². The molecule has 0 radical (unpaired) electrons. The Balaban J connectivity index is 2.13. The van der Waals surface area contributed by atoms with E-state index >= 15 is 0 Å². The van der Waals surface area contributed by atoms with Crippen LogP contribution >= 0.6 is 11.3 Å². The molecule has 0 aromatic carbocycles. The third-order valence-electron chi connectivity index (χ3n) is 2.24. The van der Waals surface area contributed by atoms with Crippen LogP contribution in [0.1, 0.15) is 11.8 Å². The minimum absolute atomic E-state index is 0.0283. The SMILES string of the molecule is CC(=O)NCCNC(=O)CN(C)Cc1cccs1. The second kappa shape index (κ2) is 7.84. The molecule has 0 unspecified atom stereocenters. The molecule has 18 heavy (non-hydrogen) atoms. The van der Waals surface area contributed by atoms with E-state index in [-0.39, 0.29) is 11.8 Å². The third-order valence-corrected chi connectivity index (χ3v) is 3.10. The van der Waals surface area contributed by atoms with Gasteiger partial charge >= 0.3 is 0 Å². The number of carbonyl (C=O) groups is 2. The highest BCUT2D eigenvalue weighted by Crippen LogP contribution is 2.10. The number of rotatable bonds is 7. The number of nitrogens with one attached hydrogen (secondary N) is 2. The number of nitrogens with zero attached hydrogens (tertiary/aromatic N) is 1. The van der Waals surface area contributed by atoms with Gasteiger partial charge in [-0.1, -0.05) is 6.07 Å². The quantitative estimate of drug-likeness (QED) is 0.706. The highest BCUT2D eigenvalue weighted by molar-refractivity contribution is 7.09. The molecule has 0 saturated heterocycles. The van der Waals surface area contributed by atoms with Gasteiger partial charge in [0.15, 0.2) is 0 Å². The van der Waals surface area contributed by atoms with Gasteiger partial charge in [-0.25, -0.2) is 0 Å². The maximum Gasteiger partial charge on any atom is 0.234 e. The lowest BCUT2D eigenvalue weighted by atomic mass is 10.4. The molecule has 5 nitrogen and oxygen atoms in total. The van der Waals surface area contributed by atoms with Crippen LogP contribution in [0.25, 0.3) is 0 Å². The zero-order chi connectivity index (χ0) is 13.4. The zero-order valence-corrected chi connectivity index (χ0v) is 11.5. The Morgan fingerprint density at radius 2 is 2.06 bits per heavy atom. The Morgan fingerprint density at radius 1 is 1.33 bits per heavy atom. The first-order valence-corrected chi connectivity index (χ1v) is 6.68. The van der Waals surface area contributed by atoms with E-state index in [1.54, 1.807) is 11.3 Å². The molecule has 0 bridgehead atoms. The average molecular weight is 269 g/mol. The monoisotopic (exact) mass is 269 g/mol. The van der Waals surface area contributed by atoms with Gasteiger partial charge in [0.2, 0.25) is 11.8 Å². The first kappa shape index (κ1) is 14.7. The molecule has 6 heteroatoms. The fourth-order valence-electron chi connectivity index (χ4n) is 1.47. The van der Waals surface area contributed by atoms with Gasteiger partial charge in [0.25, 0.3) is 0 Å². The Kier molecular flexibility index (Phi) is 6.38. The van der Waals surface area contributed by atoms with E-state index in [0.29, 0.717) is 19.6 Å². The Hall–Kier alpha value is -1.40. The summed E-state index contributed by atoms with van der Waals surface area (Å²) < 4.78 is 0. The van der Waals surface area contributed by atoms with Gasteiger partial charge in [-0.3, -0.25) is 14.5 Å². The van der Waals surface area contributed by atoms with Crippen molar-refractivity contribution in [1.29, 1.82) is 0 Å². The van der Waals surface area contributed by atoms with E-state index in [4.69, 9.17) is 0 Å². The average Bonchev–Trinajstić information content (AvgIpc) is 2.76. The van der Waals surface area contributed by atoms with Crippen LogP contribution in [-0.4, -0.2) is 43.4 Å². The van der Waals surface area contributed by atoms with Crippen molar-refractivity contribution in [1.82, 2.24) is 15.5 Å². The standard InChI is InChI=1S/C12H19N3O2S/c1-10(16)13-5-6-14-12(17)9-15(2)8-11-4-3-7-18-11/h3-4,7H,5-6,8-9H2,1-2H3,(H,13,16)(H,14,17). The fraction of sp³-hybridized carbons (Fsp3) is 0.500. The maximum absolute atomic E-state index is 11.6. The molecule has 0 saturated carbocycles. The molecule has 100 valence electrons. The van der Waals surface area contributed by atoms with Crippen LogP contribution in [0.15, 0.2) is 17.5 Å². The Morgan fingerprint density at radius 3 is 2.67 bits per heavy atom. The highest BCUT2D eigenvalue weighted by atomic mass is 32.1. The van der Waals surface area contributed by atoms with Crippen LogP contribution in [0.3, 0.4) is 0 Å². The lowest BCUT2D eigenvalue weighted by Crippen LogP contribution is -2.38. The van der Waals surface area contributed by atoms with Gasteiger partial charge < -0.3 is 10.6 Å². The summed E-state index contributed by atoms with van der Waals surface area (Å²) in [5.41, 5.74) is 0. The molecule has 0 aliphatic heterocycles. The molecular formula is C12H19N3O2S. The summed E-state index contributed by atoms with van der Waals surface area (Å²) in [7, 11) is 1.91. The smallest absolute Gasteiger partial charge is 0.234 e. The van der Waals surface area contributed by atoms with Gasteiger partial charge in [-0.15, -0.1) is 11.3 Å². The number of amides is 2. The van der Waals surface area contributed by atoms with Crippen molar-refractivity contribution in [3.63, 3.8) is 0 Å². The summed E-state index contributed by atoms with van der Waals surface area (Å²) in [6, 6.07) is 4.05. The molecule has 0 aliphatic carbocycles. The number of hydrogen-bond acceptors (Lipinski definition) is 4. The minimum Gasteiger partial charge on any atom is -0.355 e. The molecule has 2 amide bonds. The number of likely N-dealkylation sites (N-methyl/N-ethyl adjacent to an activating group) is 1. The topological polar surface area (TPSA) is 61.4 Å². The summed E-state index contributed by atoms with van der Waals surface area (Å²) >= 11 is 1.68. The van der Waals surface area contributed by atoms with E-state index in [9.17, 15) is 9.59 Å². The van der Waals surface area contributed by atoms with E-state index in [1.807, 2.05) is 23.4 Å². The first-order chi connectivity index (χ1) is 8.58. The molecule has 1 aromatic rings. The predicted molar refractivity (Wildman–Crippen MR) is 72.3 cm³/mol. The second-order valence-corrected chi connectivity index (χ2v) is 5.12. The van der Waals surface area contributed by atoms with Crippen LogP contribution in [0.2, 0.25) is 0 Å². The van der Waals surface area contributed by atoms with E-state index < -0.39 is 0 Å². The van der Waals surface area contributed by atoms with Gasteiger partial charge in [0.05, 0.1) is 6.54 Å². The number of carbonyl (C=O) groups excluding carboxylic acids is 2. The lowest BCUT2D eigenvalue weighted by Gasteiger charge is -2.15. The molecule has 0 spiro atoms. The van der Waals surface area contributed by atoms with Crippen molar-refractivity contribution in [3.8, 4) is 0 Å². The lowest BCUT2D eigenvalue weighted by molar-refractivity contribution is -0.122. The second-order valence-electron chi connectivity index (χ2n) is 4.08. The van der Waals surface area contributed by atoms with Crippen LogP contribution < -0.4 is 10.6 Å². The normalized spacial score (nSPS) is 10.4. The Labute approximate surface area is 111 Å². The minimum atomic E-state index is -0.0842. The van der Waals surface area contributed by atoms with Crippen molar-refractivity contribution in [3.05, 3.63) is 22.4 Å². The van der Waals surface area contributed by atoms with Gasteiger partial charge in [-0.05, 0) is 18.5 Å². The number of hydrogen-bond donors (Lipinski definition) is 2. The van der Waals surface area contributed by atoms with E-state index in [1.165, 1.54) is 11.8 Å². The summed E-state index contributed by atoms with van der Waals surface area (Å²) in [5, 5.41) is 7.41. The predicted octanol–water partition coefficient (Wildman–Crippen LogP) is 0.432. The van der Waals surface area contributed by atoms with Gasteiger partial charge in [-0.2, -0.15) is 0 Å². The first-order valence-electron chi connectivity index (χ1n) is 5.80. The third kappa shape index (κ3) is 6.36. The molecule has 1 aromatic heterocycles. The zero-order valence-electron chi connectivity index (χ0n) is 10.7. The maximum atomic E-state index is 11.6. The highest BCUT2D eigenvalue weighted by Gasteiger charge is 2.06. The summed E-state index contributed by atoms with van der Waals surface area (Å²) in [6.45, 7) is 3.52. The van der Waals surface area contributed by atoms with E-state index in [0.717, 1.165) is 6.54 Å². The Bertz CT molecular complexity index is 379. The largest absolute Gasteiger partial charge is 0.355 e. The molecule has 0 aliphatic rings. The molecule has 1 heterocycles. The van der Waals surface area contributed by atoms with Crippen LogP contribution in [0.4, 0.5) is 0 Å². The molecular weight excluding hydrogens is 250 g/mol. The summed E-state index contributed by atoms with van der Waals surface area (Å²) in [4.78, 5) is 25.4. The molecule has 1 rings (SSSR count). The van der Waals surface area contributed by atoms with Crippen LogP contribution in [-0.2, 0) is 16.1 Å². The van der Waals surface area contributed by atoms with Crippen molar-refractivity contribution in [2.45, 2.75) is 13.5 Å². The number of thiophene rings is 1. The molecule has 0 fully saturated rings. The van der Waals surface area contributed by atoms with Gasteiger partial charge in [0.1, 0.15) is 0 Å². The summed E-state index contributed by atoms with van der Waals surface area (Å²) in [6.07, 6.45) is 0.